The molecule has 0 N–H and O–H groups in total. The third kappa shape index (κ3) is 4.84. The van der Waals surface area contributed by atoms with Gasteiger partial charge in [-0.1, -0.05) is 6.58 Å². The fourth-order valence-corrected chi connectivity index (χ4v) is 2.65. The Hall–Kier alpha value is -2.31. The number of halogens is 3. The van der Waals surface area contributed by atoms with Crippen LogP contribution in [0.5, 0.6) is 0 Å². The molecule has 0 radical (unpaired) electrons. The Balaban J connectivity index is 2.12. The largest absolute Gasteiger partial charge is 0.390 e. The summed E-state index contributed by atoms with van der Waals surface area (Å²) in [6.45, 7) is 3.08. The van der Waals surface area contributed by atoms with Crippen molar-refractivity contribution in [3.63, 3.8) is 0 Å². The molecule has 0 heterocycles. The molecule has 0 aromatic heterocycles. The van der Waals surface area contributed by atoms with Crippen LogP contribution in [0.1, 0.15) is 36.0 Å². The molecule has 2 amide bonds. The summed E-state index contributed by atoms with van der Waals surface area (Å²) in [6, 6.07) is 6.13. The third-order valence-electron chi connectivity index (χ3n) is 4.42. The van der Waals surface area contributed by atoms with E-state index in [1.165, 1.54) is 28.0 Å². The van der Waals surface area contributed by atoms with Gasteiger partial charge >= 0.3 is 6.18 Å². The summed E-state index contributed by atoms with van der Waals surface area (Å²) in [6.07, 6.45) is -1.73. The minimum atomic E-state index is -4.29. The first-order chi connectivity index (χ1) is 11.7. The molecule has 1 aromatic carbocycles. The fraction of sp³-hybridized carbons (Fsp3) is 0.444. The minimum absolute atomic E-state index is 0.125. The molecule has 7 heteroatoms. The van der Waals surface area contributed by atoms with E-state index in [-0.39, 0.29) is 18.5 Å². The van der Waals surface area contributed by atoms with E-state index in [0.29, 0.717) is 11.3 Å². The van der Waals surface area contributed by atoms with Gasteiger partial charge in [-0.3, -0.25) is 9.59 Å². The van der Waals surface area contributed by atoms with Crippen molar-refractivity contribution in [1.29, 1.82) is 0 Å². The van der Waals surface area contributed by atoms with Crippen LogP contribution in [0.25, 0.3) is 0 Å². The van der Waals surface area contributed by atoms with Gasteiger partial charge in [-0.2, -0.15) is 13.2 Å². The molecular weight excluding hydrogens is 333 g/mol. The Morgan fingerprint density at radius 1 is 1.24 bits per heavy atom. The molecular formula is C18H21F3N2O2. The molecule has 0 bridgehead atoms. The molecule has 0 unspecified atom stereocenters. The van der Waals surface area contributed by atoms with Crippen molar-refractivity contribution in [2.75, 3.05) is 18.5 Å². The van der Waals surface area contributed by atoms with Crippen molar-refractivity contribution in [3.05, 3.63) is 42.5 Å². The highest BCUT2D eigenvalue weighted by Gasteiger charge is 2.34. The molecule has 1 aliphatic carbocycles. The third-order valence-corrected chi connectivity index (χ3v) is 4.42. The Bertz CT molecular complexity index is 637. The van der Waals surface area contributed by atoms with Crippen LogP contribution >= 0.6 is 0 Å². The Kier molecular flexibility index (Phi) is 5.87. The highest BCUT2D eigenvalue weighted by molar-refractivity contribution is 6.01. The zero-order valence-electron chi connectivity index (χ0n) is 14.1. The first kappa shape index (κ1) is 19.0. The number of benzene rings is 1. The van der Waals surface area contributed by atoms with Crippen LogP contribution in [-0.2, 0) is 4.79 Å². The maximum atomic E-state index is 12.6. The lowest BCUT2D eigenvalue weighted by molar-refractivity contribution is -0.138. The normalized spacial score (nSPS) is 14.6. The van der Waals surface area contributed by atoms with Gasteiger partial charge in [0.25, 0.3) is 5.91 Å². The van der Waals surface area contributed by atoms with E-state index >= 15 is 0 Å². The van der Waals surface area contributed by atoms with Gasteiger partial charge in [0.2, 0.25) is 5.91 Å². The summed E-state index contributed by atoms with van der Waals surface area (Å²) in [5.74, 6) is -0.696. The highest BCUT2D eigenvalue weighted by Crippen LogP contribution is 2.29. The number of likely N-dealkylation sites (N-methyl/N-ethyl adjacent to an activating group) is 1. The second-order valence-corrected chi connectivity index (χ2v) is 6.10. The number of carbonyl (C=O) groups excluding carboxylic acids is 2. The van der Waals surface area contributed by atoms with Crippen molar-refractivity contribution >= 4 is 17.5 Å². The first-order valence-electron chi connectivity index (χ1n) is 8.11. The summed E-state index contributed by atoms with van der Waals surface area (Å²) in [7, 11) is 1.57. The Labute approximate surface area is 144 Å². The van der Waals surface area contributed by atoms with E-state index in [0.717, 1.165) is 19.3 Å². The smallest absolute Gasteiger partial charge is 0.335 e. The number of carbonyl (C=O) groups is 2. The van der Waals surface area contributed by atoms with Crippen LogP contribution in [-0.4, -0.2) is 42.5 Å². The number of hydrogen-bond acceptors (Lipinski definition) is 2. The summed E-state index contributed by atoms with van der Waals surface area (Å²) < 4.78 is 37.6. The lowest BCUT2D eigenvalue weighted by Crippen LogP contribution is -2.45. The number of alkyl halides is 3. The number of anilines is 1. The monoisotopic (exact) mass is 354 g/mol. The van der Waals surface area contributed by atoms with E-state index in [1.54, 1.807) is 19.2 Å². The van der Waals surface area contributed by atoms with E-state index in [2.05, 4.69) is 6.58 Å². The maximum absolute atomic E-state index is 12.6. The second-order valence-electron chi connectivity index (χ2n) is 6.10. The Morgan fingerprint density at radius 2 is 1.84 bits per heavy atom. The molecule has 2 rings (SSSR count). The van der Waals surface area contributed by atoms with Gasteiger partial charge in [-0.05, 0) is 49.6 Å². The fourth-order valence-electron chi connectivity index (χ4n) is 2.65. The molecule has 0 spiro atoms. The molecule has 0 saturated heterocycles. The van der Waals surface area contributed by atoms with Crippen LogP contribution in [0.3, 0.4) is 0 Å². The highest BCUT2D eigenvalue weighted by atomic mass is 19.4. The van der Waals surface area contributed by atoms with Gasteiger partial charge < -0.3 is 9.80 Å². The van der Waals surface area contributed by atoms with Gasteiger partial charge in [0.1, 0.15) is 0 Å². The second kappa shape index (κ2) is 7.72. The lowest BCUT2D eigenvalue weighted by Gasteiger charge is -2.38. The molecule has 4 nitrogen and oxygen atoms in total. The van der Waals surface area contributed by atoms with Crippen molar-refractivity contribution < 1.29 is 22.8 Å². The van der Waals surface area contributed by atoms with Crippen LogP contribution in [0.4, 0.5) is 18.9 Å². The summed E-state index contributed by atoms with van der Waals surface area (Å²) in [5, 5.41) is 0. The Morgan fingerprint density at radius 3 is 2.28 bits per heavy atom. The van der Waals surface area contributed by atoms with Gasteiger partial charge in [0.05, 0.1) is 6.42 Å². The van der Waals surface area contributed by atoms with Crippen LogP contribution < -0.4 is 4.90 Å². The molecule has 25 heavy (non-hydrogen) atoms. The van der Waals surface area contributed by atoms with E-state index in [1.807, 2.05) is 0 Å². The SMILES string of the molecule is C=CC(=O)N(C)c1ccc(C(=O)N(CCC(F)(F)F)C2CCC2)cc1. The predicted molar refractivity (Wildman–Crippen MR) is 89.4 cm³/mol. The van der Waals surface area contributed by atoms with Gasteiger partial charge in [0, 0.05) is 30.9 Å². The first-order valence-corrected chi connectivity index (χ1v) is 8.11. The van der Waals surface area contributed by atoms with Crippen molar-refractivity contribution in [2.24, 2.45) is 0 Å². The standard InChI is InChI=1S/C18H21F3N2O2/c1-3-16(24)22(2)14-9-7-13(8-10-14)17(25)23(15-5-4-6-15)12-11-18(19,20)21/h3,7-10,15H,1,4-6,11-12H2,2H3. The number of amides is 2. The molecule has 136 valence electrons. The van der Waals surface area contributed by atoms with E-state index in [9.17, 15) is 22.8 Å². The average molecular weight is 354 g/mol. The topological polar surface area (TPSA) is 40.6 Å². The summed E-state index contributed by atoms with van der Waals surface area (Å²) >= 11 is 0. The van der Waals surface area contributed by atoms with Crippen molar-refractivity contribution in [1.82, 2.24) is 4.90 Å². The molecule has 1 saturated carbocycles. The predicted octanol–water partition coefficient (Wildman–Crippen LogP) is 3.78. The zero-order chi connectivity index (χ0) is 18.6. The number of rotatable bonds is 6. The molecule has 0 atom stereocenters. The molecule has 1 aliphatic rings. The lowest BCUT2D eigenvalue weighted by atomic mass is 9.90. The van der Waals surface area contributed by atoms with Gasteiger partial charge in [-0.15, -0.1) is 0 Å². The van der Waals surface area contributed by atoms with Crippen LogP contribution in [0, 0.1) is 0 Å². The molecule has 1 aromatic rings. The van der Waals surface area contributed by atoms with E-state index in [4.69, 9.17) is 0 Å². The zero-order valence-corrected chi connectivity index (χ0v) is 14.1. The van der Waals surface area contributed by atoms with Gasteiger partial charge in [-0.25, -0.2) is 0 Å². The minimum Gasteiger partial charge on any atom is -0.335 e. The van der Waals surface area contributed by atoms with Crippen molar-refractivity contribution in [2.45, 2.75) is 37.9 Å². The summed E-state index contributed by atoms with van der Waals surface area (Å²) in [4.78, 5) is 26.9. The van der Waals surface area contributed by atoms with Gasteiger partial charge in [0.15, 0.2) is 0 Å². The van der Waals surface area contributed by atoms with Crippen LogP contribution in [0.2, 0.25) is 0 Å². The summed E-state index contributed by atoms with van der Waals surface area (Å²) in [5.41, 5.74) is 0.893. The average Bonchev–Trinajstić information content (AvgIpc) is 2.54. The van der Waals surface area contributed by atoms with E-state index < -0.39 is 18.5 Å². The van der Waals surface area contributed by atoms with Crippen LogP contribution in [0.15, 0.2) is 36.9 Å². The number of hydrogen-bond donors (Lipinski definition) is 0. The quantitative estimate of drug-likeness (QED) is 0.730. The van der Waals surface area contributed by atoms with Crippen molar-refractivity contribution in [3.8, 4) is 0 Å². The molecule has 1 fully saturated rings. The maximum Gasteiger partial charge on any atom is 0.390 e. The number of nitrogens with zero attached hydrogens (tertiary/aromatic N) is 2. The molecule has 0 aliphatic heterocycles.